The van der Waals surface area contributed by atoms with E-state index >= 15 is 0 Å². The van der Waals surface area contributed by atoms with Crippen molar-refractivity contribution >= 4 is 30.3 Å². The minimum Gasteiger partial charge on any atom is -0.369 e. The summed E-state index contributed by atoms with van der Waals surface area (Å²) in [6, 6.07) is 6.98. The van der Waals surface area contributed by atoms with E-state index in [1.807, 2.05) is 20.2 Å². The Hall–Kier alpha value is -1.55. The standard InChI is InChI=1S/C10H13N3O.ClH/c1-13(2)7-12-9-6-4-3-5-8(9)10(11)14;/h3-7H,1-2H3,(H2,11,14);1H. The van der Waals surface area contributed by atoms with Crippen molar-refractivity contribution in [2.45, 2.75) is 0 Å². The van der Waals surface area contributed by atoms with Crippen LogP contribution < -0.4 is 5.73 Å². The predicted molar refractivity (Wildman–Crippen MR) is 64.0 cm³/mol. The Kier molecular flexibility index (Phi) is 5.41. The lowest BCUT2D eigenvalue weighted by molar-refractivity contribution is 0.100. The lowest BCUT2D eigenvalue weighted by atomic mass is 10.2. The Morgan fingerprint density at radius 3 is 2.53 bits per heavy atom. The summed E-state index contributed by atoms with van der Waals surface area (Å²) in [6.07, 6.45) is 1.63. The predicted octanol–water partition coefficient (Wildman–Crippen LogP) is 1.43. The van der Waals surface area contributed by atoms with Gasteiger partial charge in [-0.15, -0.1) is 12.4 Å². The number of primary amides is 1. The summed E-state index contributed by atoms with van der Waals surface area (Å²) in [5.74, 6) is -0.462. The van der Waals surface area contributed by atoms with Crippen LogP contribution in [0.3, 0.4) is 0 Å². The fourth-order valence-corrected chi connectivity index (χ4v) is 0.972. The van der Waals surface area contributed by atoms with Gasteiger partial charge in [0.05, 0.1) is 17.6 Å². The van der Waals surface area contributed by atoms with Crippen LogP contribution in [0, 0.1) is 0 Å². The molecular weight excluding hydrogens is 214 g/mol. The van der Waals surface area contributed by atoms with Gasteiger partial charge in [-0.2, -0.15) is 0 Å². The molecule has 2 N–H and O–H groups in total. The number of hydrogen-bond donors (Lipinski definition) is 1. The molecular formula is C10H14ClN3O. The highest BCUT2D eigenvalue weighted by atomic mass is 35.5. The average Bonchev–Trinajstić information content (AvgIpc) is 2.15. The van der Waals surface area contributed by atoms with Crippen molar-refractivity contribution in [1.29, 1.82) is 0 Å². The van der Waals surface area contributed by atoms with Crippen LogP contribution in [0.25, 0.3) is 0 Å². The first-order chi connectivity index (χ1) is 6.61. The Balaban J connectivity index is 0.00000196. The first-order valence-corrected chi connectivity index (χ1v) is 4.20. The normalized spacial score (nSPS) is 9.73. The molecule has 0 bridgehead atoms. The molecule has 0 radical (unpaired) electrons. The lowest BCUT2D eigenvalue weighted by Crippen LogP contribution is -2.11. The lowest BCUT2D eigenvalue weighted by Gasteiger charge is -2.04. The number of halogens is 1. The van der Waals surface area contributed by atoms with E-state index in [-0.39, 0.29) is 12.4 Å². The van der Waals surface area contributed by atoms with Crippen LogP contribution in [0.4, 0.5) is 5.69 Å². The van der Waals surface area contributed by atoms with Crippen molar-refractivity contribution < 1.29 is 4.79 Å². The maximum atomic E-state index is 11.0. The zero-order valence-electron chi connectivity index (χ0n) is 8.68. The molecule has 0 aromatic heterocycles. The first-order valence-electron chi connectivity index (χ1n) is 4.20. The molecule has 0 aliphatic rings. The number of benzene rings is 1. The van der Waals surface area contributed by atoms with Crippen LogP contribution in [0.2, 0.25) is 0 Å². The van der Waals surface area contributed by atoms with E-state index in [1.54, 1.807) is 29.4 Å². The van der Waals surface area contributed by atoms with E-state index < -0.39 is 5.91 Å². The van der Waals surface area contributed by atoms with Crippen LogP contribution in [-0.4, -0.2) is 31.2 Å². The van der Waals surface area contributed by atoms with E-state index in [4.69, 9.17) is 5.73 Å². The van der Waals surface area contributed by atoms with Gasteiger partial charge in [-0.3, -0.25) is 4.79 Å². The third-order valence-electron chi connectivity index (χ3n) is 1.60. The summed E-state index contributed by atoms with van der Waals surface area (Å²) in [7, 11) is 3.72. The fraction of sp³-hybridized carbons (Fsp3) is 0.200. The molecule has 0 aliphatic heterocycles. The minimum absolute atomic E-state index is 0. The number of amides is 1. The summed E-state index contributed by atoms with van der Waals surface area (Å²) in [5, 5.41) is 0. The molecule has 82 valence electrons. The van der Waals surface area contributed by atoms with Gasteiger partial charge in [-0.1, -0.05) is 12.1 Å². The van der Waals surface area contributed by atoms with Crippen LogP contribution in [-0.2, 0) is 0 Å². The maximum absolute atomic E-state index is 11.0. The molecule has 0 unspecified atom stereocenters. The Labute approximate surface area is 95.2 Å². The zero-order valence-corrected chi connectivity index (χ0v) is 9.49. The molecule has 15 heavy (non-hydrogen) atoms. The quantitative estimate of drug-likeness (QED) is 0.627. The summed E-state index contributed by atoms with van der Waals surface area (Å²) in [5.41, 5.74) is 6.22. The molecule has 0 saturated carbocycles. The molecule has 4 nitrogen and oxygen atoms in total. The first kappa shape index (κ1) is 13.4. The van der Waals surface area contributed by atoms with Crippen LogP contribution in [0.15, 0.2) is 29.3 Å². The van der Waals surface area contributed by atoms with Gasteiger partial charge in [0.15, 0.2) is 0 Å². The van der Waals surface area contributed by atoms with Crippen molar-refractivity contribution in [1.82, 2.24) is 4.90 Å². The SMILES string of the molecule is CN(C)C=Nc1ccccc1C(N)=O.Cl. The van der Waals surface area contributed by atoms with Gasteiger partial charge < -0.3 is 10.6 Å². The summed E-state index contributed by atoms with van der Waals surface area (Å²) in [6.45, 7) is 0. The van der Waals surface area contributed by atoms with Gasteiger partial charge in [-0.05, 0) is 12.1 Å². The van der Waals surface area contributed by atoms with Crippen LogP contribution >= 0.6 is 12.4 Å². The zero-order chi connectivity index (χ0) is 10.6. The number of para-hydroxylation sites is 1. The molecule has 0 atom stereocenters. The van der Waals surface area contributed by atoms with Crippen LogP contribution in [0.5, 0.6) is 0 Å². The van der Waals surface area contributed by atoms with E-state index in [2.05, 4.69) is 4.99 Å². The third kappa shape index (κ3) is 3.99. The smallest absolute Gasteiger partial charge is 0.250 e. The molecule has 1 aromatic carbocycles. The third-order valence-corrected chi connectivity index (χ3v) is 1.60. The largest absolute Gasteiger partial charge is 0.369 e. The van der Waals surface area contributed by atoms with Gasteiger partial charge in [0.1, 0.15) is 0 Å². The maximum Gasteiger partial charge on any atom is 0.250 e. The molecule has 5 heteroatoms. The molecule has 0 fully saturated rings. The van der Waals surface area contributed by atoms with Gasteiger partial charge in [0.2, 0.25) is 0 Å². The average molecular weight is 228 g/mol. The molecule has 0 heterocycles. The number of nitrogens with two attached hydrogens (primary N) is 1. The molecule has 0 aliphatic carbocycles. The highest BCUT2D eigenvalue weighted by Crippen LogP contribution is 2.17. The highest BCUT2D eigenvalue weighted by Gasteiger charge is 2.04. The van der Waals surface area contributed by atoms with Crippen molar-refractivity contribution in [3.8, 4) is 0 Å². The Morgan fingerprint density at radius 2 is 2.00 bits per heavy atom. The van der Waals surface area contributed by atoms with Crippen molar-refractivity contribution in [3.05, 3.63) is 29.8 Å². The molecule has 1 rings (SSSR count). The number of nitrogens with zero attached hydrogens (tertiary/aromatic N) is 2. The number of hydrogen-bond acceptors (Lipinski definition) is 2. The summed E-state index contributed by atoms with van der Waals surface area (Å²) in [4.78, 5) is 16.9. The van der Waals surface area contributed by atoms with Gasteiger partial charge in [0.25, 0.3) is 5.91 Å². The summed E-state index contributed by atoms with van der Waals surface area (Å²) < 4.78 is 0. The Bertz CT molecular complexity index is 363. The molecule has 0 saturated heterocycles. The van der Waals surface area contributed by atoms with E-state index in [1.165, 1.54) is 0 Å². The monoisotopic (exact) mass is 227 g/mol. The molecule has 0 spiro atoms. The van der Waals surface area contributed by atoms with Crippen molar-refractivity contribution in [3.63, 3.8) is 0 Å². The van der Waals surface area contributed by atoms with Crippen molar-refractivity contribution in [2.75, 3.05) is 14.1 Å². The topological polar surface area (TPSA) is 58.7 Å². The number of carbonyl (C=O) groups is 1. The van der Waals surface area contributed by atoms with Crippen molar-refractivity contribution in [2.24, 2.45) is 10.7 Å². The van der Waals surface area contributed by atoms with E-state index in [9.17, 15) is 4.79 Å². The second-order valence-electron chi connectivity index (χ2n) is 3.09. The Morgan fingerprint density at radius 1 is 1.40 bits per heavy atom. The number of aliphatic imine (C=N–C) groups is 1. The van der Waals surface area contributed by atoms with Crippen LogP contribution in [0.1, 0.15) is 10.4 Å². The second-order valence-corrected chi connectivity index (χ2v) is 3.09. The van der Waals surface area contributed by atoms with Gasteiger partial charge in [0, 0.05) is 14.1 Å². The highest BCUT2D eigenvalue weighted by molar-refractivity contribution is 5.98. The van der Waals surface area contributed by atoms with Gasteiger partial charge >= 0.3 is 0 Å². The van der Waals surface area contributed by atoms with E-state index in [0.29, 0.717) is 11.3 Å². The van der Waals surface area contributed by atoms with E-state index in [0.717, 1.165) is 0 Å². The number of rotatable bonds is 3. The number of carbonyl (C=O) groups excluding carboxylic acids is 1. The summed E-state index contributed by atoms with van der Waals surface area (Å²) >= 11 is 0. The molecule has 1 aromatic rings. The second kappa shape index (κ2) is 6.03. The molecule has 1 amide bonds. The fourth-order valence-electron chi connectivity index (χ4n) is 0.972. The van der Waals surface area contributed by atoms with Gasteiger partial charge in [-0.25, -0.2) is 4.99 Å². The minimum atomic E-state index is -0.462.